The van der Waals surface area contributed by atoms with Gasteiger partial charge in [-0.2, -0.15) is 0 Å². The lowest BCUT2D eigenvalue weighted by Crippen LogP contribution is -2.33. The predicted octanol–water partition coefficient (Wildman–Crippen LogP) is 3.01. The van der Waals surface area contributed by atoms with Crippen LogP contribution in [0, 0.1) is 0 Å². The Kier molecular flexibility index (Phi) is 3.84. The van der Waals surface area contributed by atoms with Crippen molar-refractivity contribution < 1.29 is 5.11 Å². The Morgan fingerprint density at radius 2 is 1.62 bits per heavy atom. The summed E-state index contributed by atoms with van der Waals surface area (Å²) < 4.78 is 1.91. The summed E-state index contributed by atoms with van der Waals surface area (Å²) in [6.07, 6.45) is 5.90. The number of imidazole rings is 1. The molecule has 106 valence electrons. The lowest BCUT2D eigenvalue weighted by atomic mass is 9.87. The molecule has 0 unspecified atom stereocenters. The number of rotatable bonds is 5. The lowest BCUT2D eigenvalue weighted by Gasteiger charge is -2.29. The maximum Gasteiger partial charge on any atom is 0.111 e. The summed E-state index contributed by atoms with van der Waals surface area (Å²) >= 11 is 0. The quantitative estimate of drug-likeness (QED) is 0.779. The molecule has 1 atom stereocenters. The summed E-state index contributed by atoms with van der Waals surface area (Å²) in [7, 11) is 0. The van der Waals surface area contributed by atoms with Gasteiger partial charge in [-0.25, -0.2) is 4.98 Å². The van der Waals surface area contributed by atoms with Crippen molar-refractivity contribution in [1.82, 2.24) is 9.55 Å². The third-order valence-electron chi connectivity index (χ3n) is 3.65. The molecule has 0 aliphatic rings. The standard InChI is InChI=1S/C18H18N2O/c21-18(14-20-12-11-19-15-20,17-9-5-2-6-10-17)13-16-7-3-1-4-8-16/h1-12,15,21H,13-14H2/t18-/m0/s1. The fourth-order valence-corrected chi connectivity index (χ4v) is 2.61. The molecule has 0 bridgehead atoms. The number of hydrogen-bond donors (Lipinski definition) is 1. The van der Waals surface area contributed by atoms with Gasteiger partial charge in [0, 0.05) is 18.8 Å². The molecular formula is C18H18N2O. The van der Waals surface area contributed by atoms with Gasteiger partial charge in [-0.1, -0.05) is 60.7 Å². The SMILES string of the molecule is O[C@@](Cc1ccccc1)(Cn1ccnc1)c1ccccc1. The van der Waals surface area contributed by atoms with Gasteiger partial charge in [0.05, 0.1) is 12.9 Å². The highest BCUT2D eigenvalue weighted by molar-refractivity contribution is 5.26. The van der Waals surface area contributed by atoms with Crippen LogP contribution in [0.15, 0.2) is 79.4 Å². The second-order valence-electron chi connectivity index (χ2n) is 5.30. The first-order chi connectivity index (χ1) is 10.3. The van der Waals surface area contributed by atoms with E-state index in [0.717, 1.165) is 11.1 Å². The largest absolute Gasteiger partial charge is 0.383 e. The van der Waals surface area contributed by atoms with Crippen LogP contribution in [0.25, 0.3) is 0 Å². The van der Waals surface area contributed by atoms with Crippen LogP contribution < -0.4 is 0 Å². The summed E-state index contributed by atoms with van der Waals surface area (Å²) in [4.78, 5) is 4.06. The van der Waals surface area contributed by atoms with E-state index in [-0.39, 0.29) is 0 Å². The Morgan fingerprint density at radius 1 is 0.952 bits per heavy atom. The smallest absolute Gasteiger partial charge is 0.111 e. The van der Waals surface area contributed by atoms with Crippen molar-refractivity contribution in [3.63, 3.8) is 0 Å². The van der Waals surface area contributed by atoms with Gasteiger partial charge in [0.25, 0.3) is 0 Å². The summed E-state index contributed by atoms with van der Waals surface area (Å²) in [5.41, 5.74) is 1.08. The third kappa shape index (κ3) is 3.20. The average molecular weight is 278 g/mol. The predicted molar refractivity (Wildman–Crippen MR) is 82.7 cm³/mol. The zero-order valence-corrected chi connectivity index (χ0v) is 11.8. The number of benzene rings is 2. The molecule has 1 aromatic heterocycles. The first-order valence-corrected chi connectivity index (χ1v) is 7.04. The van der Waals surface area contributed by atoms with E-state index in [0.29, 0.717) is 13.0 Å². The highest BCUT2D eigenvalue weighted by atomic mass is 16.3. The van der Waals surface area contributed by atoms with E-state index in [1.165, 1.54) is 0 Å². The van der Waals surface area contributed by atoms with Gasteiger partial charge < -0.3 is 9.67 Å². The Bertz CT molecular complexity index is 665. The van der Waals surface area contributed by atoms with E-state index in [2.05, 4.69) is 4.98 Å². The maximum absolute atomic E-state index is 11.3. The second-order valence-corrected chi connectivity index (χ2v) is 5.30. The molecule has 0 amide bonds. The molecule has 0 aliphatic carbocycles. The maximum atomic E-state index is 11.3. The van der Waals surface area contributed by atoms with Gasteiger partial charge in [-0.05, 0) is 11.1 Å². The van der Waals surface area contributed by atoms with Gasteiger partial charge >= 0.3 is 0 Å². The van der Waals surface area contributed by atoms with Crippen molar-refractivity contribution in [3.05, 3.63) is 90.5 Å². The number of hydrogen-bond acceptors (Lipinski definition) is 2. The second kappa shape index (κ2) is 5.94. The Labute approximate surface area is 124 Å². The Hall–Kier alpha value is -2.39. The van der Waals surface area contributed by atoms with E-state index < -0.39 is 5.60 Å². The molecule has 1 N–H and O–H groups in total. The normalized spacial score (nSPS) is 13.8. The highest BCUT2D eigenvalue weighted by Crippen LogP contribution is 2.27. The van der Waals surface area contributed by atoms with Gasteiger partial charge in [0.2, 0.25) is 0 Å². The van der Waals surface area contributed by atoms with Gasteiger partial charge in [0.15, 0.2) is 0 Å². The van der Waals surface area contributed by atoms with Gasteiger partial charge in [0.1, 0.15) is 5.60 Å². The van der Waals surface area contributed by atoms with Crippen LogP contribution in [-0.4, -0.2) is 14.7 Å². The van der Waals surface area contributed by atoms with Crippen LogP contribution in [0.5, 0.6) is 0 Å². The minimum Gasteiger partial charge on any atom is -0.383 e. The molecule has 0 radical (unpaired) electrons. The Balaban J connectivity index is 1.94. The third-order valence-corrected chi connectivity index (χ3v) is 3.65. The molecule has 3 aromatic rings. The van der Waals surface area contributed by atoms with Crippen molar-refractivity contribution in [2.75, 3.05) is 0 Å². The van der Waals surface area contributed by atoms with Gasteiger partial charge in [-0.3, -0.25) is 0 Å². The molecule has 21 heavy (non-hydrogen) atoms. The first-order valence-electron chi connectivity index (χ1n) is 7.04. The van der Waals surface area contributed by atoms with Crippen LogP contribution in [-0.2, 0) is 18.6 Å². The van der Waals surface area contributed by atoms with Crippen LogP contribution >= 0.6 is 0 Å². The van der Waals surface area contributed by atoms with Crippen molar-refractivity contribution >= 4 is 0 Å². The summed E-state index contributed by atoms with van der Waals surface area (Å²) in [6, 6.07) is 19.9. The van der Waals surface area contributed by atoms with Crippen LogP contribution in [0.4, 0.5) is 0 Å². The van der Waals surface area contributed by atoms with E-state index in [1.807, 2.05) is 71.4 Å². The fourth-order valence-electron chi connectivity index (χ4n) is 2.61. The van der Waals surface area contributed by atoms with E-state index >= 15 is 0 Å². The number of aromatic nitrogens is 2. The minimum absolute atomic E-state index is 0.478. The van der Waals surface area contributed by atoms with Gasteiger partial charge in [-0.15, -0.1) is 0 Å². The van der Waals surface area contributed by atoms with Crippen LogP contribution in [0.2, 0.25) is 0 Å². The topological polar surface area (TPSA) is 38.0 Å². The van der Waals surface area contributed by atoms with Crippen molar-refractivity contribution in [2.45, 2.75) is 18.6 Å². The molecule has 0 aliphatic heterocycles. The number of aliphatic hydroxyl groups is 1. The molecule has 1 heterocycles. The minimum atomic E-state index is -0.955. The van der Waals surface area contributed by atoms with Crippen LogP contribution in [0.3, 0.4) is 0 Å². The zero-order chi connectivity index (χ0) is 14.5. The fraction of sp³-hybridized carbons (Fsp3) is 0.167. The van der Waals surface area contributed by atoms with Crippen molar-refractivity contribution in [1.29, 1.82) is 0 Å². The van der Waals surface area contributed by atoms with Crippen molar-refractivity contribution in [2.24, 2.45) is 0 Å². The Morgan fingerprint density at radius 3 is 2.24 bits per heavy atom. The molecule has 3 heteroatoms. The van der Waals surface area contributed by atoms with Crippen molar-refractivity contribution in [3.8, 4) is 0 Å². The molecule has 0 saturated carbocycles. The summed E-state index contributed by atoms with van der Waals surface area (Å²) in [5.74, 6) is 0. The zero-order valence-electron chi connectivity index (χ0n) is 11.8. The summed E-state index contributed by atoms with van der Waals surface area (Å²) in [5, 5.41) is 11.3. The molecule has 3 rings (SSSR count). The average Bonchev–Trinajstić information content (AvgIpc) is 3.02. The first kappa shape index (κ1) is 13.6. The monoisotopic (exact) mass is 278 g/mol. The summed E-state index contributed by atoms with van der Waals surface area (Å²) in [6.45, 7) is 0.478. The number of nitrogens with zero attached hydrogens (tertiary/aromatic N) is 2. The van der Waals surface area contributed by atoms with E-state index in [9.17, 15) is 5.11 Å². The molecule has 0 saturated heterocycles. The molecule has 3 nitrogen and oxygen atoms in total. The molecule has 0 fully saturated rings. The lowest BCUT2D eigenvalue weighted by molar-refractivity contribution is 0.0185. The van der Waals surface area contributed by atoms with E-state index in [1.54, 1.807) is 12.5 Å². The molecule has 2 aromatic carbocycles. The van der Waals surface area contributed by atoms with Crippen LogP contribution in [0.1, 0.15) is 11.1 Å². The molecular weight excluding hydrogens is 260 g/mol. The van der Waals surface area contributed by atoms with E-state index in [4.69, 9.17) is 0 Å². The molecule has 0 spiro atoms. The highest BCUT2D eigenvalue weighted by Gasteiger charge is 2.30.